The molecule has 2 aromatic heterocycles. The van der Waals surface area contributed by atoms with Crippen molar-refractivity contribution in [1.29, 1.82) is 0 Å². The predicted octanol–water partition coefficient (Wildman–Crippen LogP) is 3.41. The Balaban J connectivity index is 1.55. The molecule has 0 saturated carbocycles. The van der Waals surface area contributed by atoms with Crippen LogP contribution in [0, 0.1) is 0 Å². The van der Waals surface area contributed by atoms with Crippen molar-refractivity contribution in [2.24, 2.45) is 0 Å². The first-order chi connectivity index (χ1) is 15.3. The van der Waals surface area contributed by atoms with Crippen molar-refractivity contribution in [1.82, 2.24) is 14.9 Å². The lowest BCUT2D eigenvalue weighted by Crippen LogP contribution is -2.37. The van der Waals surface area contributed by atoms with E-state index in [0.717, 1.165) is 23.2 Å². The number of fused-ring (bicyclic) bond motifs is 1. The standard InChI is InChI=1S/C22H23F3N4O3/c23-22(24,25)15-3-5-19(27-11-15)28-6-1-7-29(9-8-28)20(21(31)32)17-12-26-18-4-2-14(13-30)10-16(17)18/h2-5,10-12,20,26,30H,1,6-9,13H2,(H,31,32). The molecule has 170 valence electrons. The summed E-state index contributed by atoms with van der Waals surface area (Å²) in [5.41, 5.74) is 1.29. The van der Waals surface area contributed by atoms with E-state index in [4.69, 9.17) is 0 Å². The van der Waals surface area contributed by atoms with E-state index in [0.29, 0.717) is 49.5 Å². The highest BCUT2D eigenvalue weighted by atomic mass is 19.4. The summed E-state index contributed by atoms with van der Waals surface area (Å²) in [5, 5.41) is 20.2. The average Bonchev–Trinajstić information content (AvgIpc) is 3.01. The third-order valence-corrected chi connectivity index (χ3v) is 5.78. The molecule has 0 aliphatic carbocycles. The van der Waals surface area contributed by atoms with E-state index in [1.807, 2.05) is 15.9 Å². The summed E-state index contributed by atoms with van der Waals surface area (Å²) in [7, 11) is 0. The Bertz CT molecular complexity index is 1100. The second kappa shape index (κ2) is 8.79. The number of pyridine rings is 1. The first kappa shape index (κ1) is 22.1. The van der Waals surface area contributed by atoms with Crippen LogP contribution in [0.4, 0.5) is 19.0 Å². The molecule has 32 heavy (non-hydrogen) atoms. The fourth-order valence-electron chi connectivity index (χ4n) is 4.17. The van der Waals surface area contributed by atoms with Crippen LogP contribution >= 0.6 is 0 Å². The van der Waals surface area contributed by atoms with Crippen LogP contribution in [0.3, 0.4) is 0 Å². The number of aliphatic carboxylic acids is 1. The zero-order valence-corrected chi connectivity index (χ0v) is 17.1. The minimum atomic E-state index is -4.44. The van der Waals surface area contributed by atoms with Crippen LogP contribution in [-0.4, -0.2) is 57.2 Å². The number of rotatable bonds is 5. The monoisotopic (exact) mass is 448 g/mol. The molecule has 0 amide bonds. The van der Waals surface area contributed by atoms with Crippen LogP contribution in [-0.2, 0) is 17.6 Å². The van der Waals surface area contributed by atoms with Gasteiger partial charge in [-0.3, -0.25) is 9.69 Å². The Hall–Kier alpha value is -3.11. The van der Waals surface area contributed by atoms with Gasteiger partial charge >= 0.3 is 12.1 Å². The van der Waals surface area contributed by atoms with Crippen molar-refractivity contribution in [2.75, 3.05) is 31.1 Å². The number of aromatic nitrogens is 2. The van der Waals surface area contributed by atoms with Crippen LogP contribution in [0.2, 0.25) is 0 Å². The number of halogens is 3. The lowest BCUT2D eigenvalue weighted by Gasteiger charge is -2.27. The highest BCUT2D eigenvalue weighted by Gasteiger charge is 2.33. The van der Waals surface area contributed by atoms with Crippen LogP contribution in [0.1, 0.15) is 29.2 Å². The maximum atomic E-state index is 12.8. The van der Waals surface area contributed by atoms with Gasteiger partial charge in [0, 0.05) is 55.0 Å². The van der Waals surface area contributed by atoms with Gasteiger partial charge in [0.05, 0.1) is 12.2 Å². The molecular weight excluding hydrogens is 425 g/mol. The topological polar surface area (TPSA) is 92.7 Å². The van der Waals surface area contributed by atoms with Crippen molar-refractivity contribution in [3.05, 3.63) is 59.4 Å². The predicted molar refractivity (Wildman–Crippen MR) is 112 cm³/mol. The maximum absolute atomic E-state index is 12.8. The Kier molecular flexibility index (Phi) is 6.07. The van der Waals surface area contributed by atoms with E-state index in [-0.39, 0.29) is 6.61 Å². The molecule has 1 saturated heterocycles. The number of anilines is 1. The van der Waals surface area contributed by atoms with Gasteiger partial charge in [0.25, 0.3) is 0 Å². The lowest BCUT2D eigenvalue weighted by atomic mass is 10.0. The zero-order chi connectivity index (χ0) is 22.9. The molecular formula is C22H23F3N4O3. The number of hydrogen-bond acceptors (Lipinski definition) is 5. The van der Waals surface area contributed by atoms with Crippen molar-refractivity contribution in [2.45, 2.75) is 25.2 Å². The third-order valence-electron chi connectivity index (χ3n) is 5.78. The van der Waals surface area contributed by atoms with E-state index in [9.17, 15) is 28.2 Å². The Labute approximate surface area is 182 Å². The Morgan fingerprint density at radius 3 is 2.62 bits per heavy atom. The molecule has 3 N–H and O–H groups in total. The fourth-order valence-corrected chi connectivity index (χ4v) is 4.17. The highest BCUT2D eigenvalue weighted by molar-refractivity contribution is 5.89. The summed E-state index contributed by atoms with van der Waals surface area (Å²) >= 11 is 0. The van der Waals surface area contributed by atoms with Crippen LogP contribution < -0.4 is 4.90 Å². The van der Waals surface area contributed by atoms with Crippen LogP contribution in [0.15, 0.2) is 42.7 Å². The van der Waals surface area contributed by atoms with Crippen LogP contribution in [0.25, 0.3) is 10.9 Å². The van der Waals surface area contributed by atoms with Gasteiger partial charge in [0.15, 0.2) is 0 Å². The Morgan fingerprint density at radius 1 is 1.16 bits per heavy atom. The minimum absolute atomic E-state index is 0.142. The number of aliphatic hydroxyl groups excluding tert-OH is 1. The third kappa shape index (κ3) is 4.42. The van der Waals surface area contributed by atoms with Gasteiger partial charge in [-0.25, -0.2) is 4.98 Å². The number of nitrogens with one attached hydrogen (secondary N) is 1. The Morgan fingerprint density at radius 2 is 1.97 bits per heavy atom. The molecule has 3 heterocycles. The number of carbonyl (C=O) groups is 1. The molecule has 1 fully saturated rings. The van der Waals surface area contributed by atoms with E-state index in [1.54, 1.807) is 18.3 Å². The molecule has 7 nitrogen and oxygen atoms in total. The lowest BCUT2D eigenvalue weighted by molar-refractivity contribution is -0.143. The molecule has 1 atom stereocenters. The second-order valence-corrected chi connectivity index (χ2v) is 7.80. The number of aliphatic hydroxyl groups is 1. The van der Waals surface area contributed by atoms with Crippen molar-refractivity contribution < 1.29 is 28.2 Å². The van der Waals surface area contributed by atoms with Crippen molar-refractivity contribution in [3.8, 4) is 0 Å². The molecule has 1 aromatic carbocycles. The number of alkyl halides is 3. The van der Waals surface area contributed by atoms with E-state index in [2.05, 4.69) is 9.97 Å². The number of carboxylic acids is 1. The largest absolute Gasteiger partial charge is 0.480 e. The van der Waals surface area contributed by atoms with Gasteiger partial charge in [0.2, 0.25) is 0 Å². The smallest absolute Gasteiger partial charge is 0.417 e. The summed E-state index contributed by atoms with van der Waals surface area (Å²) in [4.78, 5) is 23.1. The molecule has 3 aromatic rings. The first-order valence-corrected chi connectivity index (χ1v) is 10.2. The molecule has 0 spiro atoms. The van der Waals surface area contributed by atoms with Gasteiger partial charge < -0.3 is 20.1 Å². The van der Waals surface area contributed by atoms with E-state index < -0.39 is 23.8 Å². The van der Waals surface area contributed by atoms with Gasteiger partial charge in [-0.15, -0.1) is 0 Å². The summed E-state index contributed by atoms with van der Waals surface area (Å²) in [6.07, 6.45) is -1.30. The number of H-pyrrole nitrogens is 1. The summed E-state index contributed by atoms with van der Waals surface area (Å²) in [6, 6.07) is 6.84. The molecule has 4 rings (SSSR count). The second-order valence-electron chi connectivity index (χ2n) is 7.80. The summed E-state index contributed by atoms with van der Waals surface area (Å²) in [6.45, 7) is 1.78. The van der Waals surface area contributed by atoms with Gasteiger partial charge in [0.1, 0.15) is 11.9 Å². The normalized spacial score (nSPS) is 16.8. The molecule has 1 aliphatic rings. The molecule has 0 bridgehead atoms. The van der Waals surface area contributed by atoms with Gasteiger partial charge in [-0.05, 0) is 36.2 Å². The molecule has 1 unspecified atom stereocenters. The van der Waals surface area contributed by atoms with Crippen molar-refractivity contribution >= 4 is 22.7 Å². The average molecular weight is 448 g/mol. The minimum Gasteiger partial charge on any atom is -0.480 e. The van der Waals surface area contributed by atoms with E-state index in [1.165, 1.54) is 6.07 Å². The maximum Gasteiger partial charge on any atom is 0.417 e. The number of hydrogen-bond donors (Lipinski definition) is 3. The summed E-state index contributed by atoms with van der Waals surface area (Å²) in [5.74, 6) is -0.548. The first-order valence-electron chi connectivity index (χ1n) is 10.2. The highest BCUT2D eigenvalue weighted by Crippen LogP contribution is 2.32. The van der Waals surface area contributed by atoms with Crippen molar-refractivity contribution in [3.63, 3.8) is 0 Å². The van der Waals surface area contributed by atoms with E-state index >= 15 is 0 Å². The SMILES string of the molecule is O=C(O)C(c1c[nH]c2ccc(CO)cc12)N1CCCN(c2ccc(C(F)(F)F)cn2)CC1. The van der Waals surface area contributed by atoms with Gasteiger partial charge in [-0.1, -0.05) is 6.07 Å². The quantitative estimate of drug-likeness (QED) is 0.554. The van der Waals surface area contributed by atoms with Crippen LogP contribution in [0.5, 0.6) is 0 Å². The molecule has 1 aliphatic heterocycles. The number of carboxylic acid groups (broad SMARTS) is 1. The number of nitrogens with zero attached hydrogens (tertiary/aromatic N) is 3. The molecule has 0 radical (unpaired) electrons. The van der Waals surface area contributed by atoms with Gasteiger partial charge in [-0.2, -0.15) is 13.2 Å². The zero-order valence-electron chi connectivity index (χ0n) is 17.1. The number of aromatic amines is 1. The summed E-state index contributed by atoms with van der Waals surface area (Å²) < 4.78 is 38.4. The molecule has 10 heteroatoms. The number of benzene rings is 1. The fraction of sp³-hybridized carbons (Fsp3) is 0.364.